The van der Waals surface area contributed by atoms with Gasteiger partial charge in [-0.15, -0.1) is 6.58 Å². The van der Waals surface area contributed by atoms with Crippen LogP contribution in [0.2, 0.25) is 0 Å². The largest absolute Gasteiger partial charge is 0.478 e. The maximum absolute atomic E-state index is 11.9. The molecule has 0 aliphatic carbocycles. The summed E-state index contributed by atoms with van der Waals surface area (Å²) in [7, 11) is 0. The van der Waals surface area contributed by atoms with E-state index in [0.717, 1.165) is 28.4 Å². The molecule has 0 saturated carbocycles. The molecule has 0 spiro atoms. The lowest BCUT2D eigenvalue weighted by atomic mass is 10.1. The van der Waals surface area contributed by atoms with Crippen LogP contribution < -0.4 is 10.7 Å². The number of H-pyrrole nitrogens is 1. The number of hydrogen-bond donors (Lipinski definition) is 4. The highest BCUT2D eigenvalue weighted by Crippen LogP contribution is 2.26. The molecule has 1 amide bonds. The lowest BCUT2D eigenvalue weighted by Gasteiger charge is -2.08. The molecular weight excluding hydrogens is 450 g/mol. The maximum Gasteiger partial charge on any atom is 0.434 e. The summed E-state index contributed by atoms with van der Waals surface area (Å²) in [5.74, 6) is -2.51. The molecule has 0 unspecified atom stereocenters. The molecule has 0 fully saturated rings. The first-order valence-corrected chi connectivity index (χ1v) is 10.9. The average molecular weight is 480 g/mol. The van der Waals surface area contributed by atoms with Gasteiger partial charge in [0.2, 0.25) is 0 Å². The van der Waals surface area contributed by atoms with E-state index in [9.17, 15) is 14.4 Å². The van der Waals surface area contributed by atoms with Crippen molar-refractivity contribution in [2.24, 2.45) is 4.99 Å². The van der Waals surface area contributed by atoms with Crippen molar-refractivity contribution in [2.45, 2.75) is 32.9 Å². The summed E-state index contributed by atoms with van der Waals surface area (Å²) in [5, 5.41) is 21.9. The Bertz CT molecular complexity index is 1290. The molecule has 0 radical (unpaired) electrons. The van der Waals surface area contributed by atoms with Crippen molar-refractivity contribution in [1.82, 2.24) is 10.3 Å². The van der Waals surface area contributed by atoms with Crippen LogP contribution in [0.5, 0.6) is 0 Å². The molecule has 2 aromatic carbocycles. The van der Waals surface area contributed by atoms with E-state index in [0.29, 0.717) is 36.6 Å². The zero-order chi connectivity index (χ0) is 25.8. The second-order valence-electron chi connectivity index (χ2n) is 7.74. The quantitative estimate of drug-likeness (QED) is 0.216. The average Bonchev–Trinajstić information content (AvgIpc) is 3.02. The van der Waals surface area contributed by atoms with Crippen molar-refractivity contribution in [3.8, 4) is 0 Å². The summed E-state index contributed by atoms with van der Waals surface area (Å²) in [4.78, 5) is 38.5. The zero-order valence-corrected chi connectivity index (χ0v) is 19.7. The minimum absolute atomic E-state index is 0.290. The van der Waals surface area contributed by atoms with Crippen LogP contribution in [-0.2, 0) is 20.9 Å². The molecule has 1 heterocycles. The summed E-state index contributed by atoms with van der Waals surface area (Å²) < 4.78 is 5.07. The molecule has 0 bridgehead atoms. The Balaban J connectivity index is 0.000000466. The van der Waals surface area contributed by atoms with Crippen LogP contribution in [-0.4, -0.2) is 45.9 Å². The molecule has 35 heavy (non-hydrogen) atoms. The van der Waals surface area contributed by atoms with Gasteiger partial charge in [-0.2, -0.15) is 4.99 Å². The Morgan fingerprint density at radius 1 is 1.09 bits per heavy atom. The lowest BCUT2D eigenvalue weighted by molar-refractivity contribution is -0.134. The number of hydrogen-bond acceptors (Lipinski definition) is 5. The number of ether oxygens (including phenoxy) is 1. The van der Waals surface area contributed by atoms with Gasteiger partial charge >= 0.3 is 18.0 Å². The number of carboxylic acid groups (broad SMARTS) is 2. The van der Waals surface area contributed by atoms with Gasteiger partial charge in [0, 0.05) is 41.0 Å². The van der Waals surface area contributed by atoms with Crippen LogP contribution >= 0.6 is 0 Å². The smallest absolute Gasteiger partial charge is 0.434 e. The van der Waals surface area contributed by atoms with E-state index in [1.54, 1.807) is 12.1 Å². The number of aromatic amines is 1. The van der Waals surface area contributed by atoms with E-state index >= 15 is 0 Å². The van der Waals surface area contributed by atoms with Crippen LogP contribution in [0, 0.1) is 0 Å². The van der Waals surface area contributed by atoms with E-state index in [2.05, 4.69) is 53.9 Å². The number of aliphatic carboxylic acids is 2. The van der Waals surface area contributed by atoms with Gasteiger partial charge in [-0.1, -0.05) is 50.3 Å². The van der Waals surface area contributed by atoms with Gasteiger partial charge in [-0.25, -0.2) is 14.4 Å². The van der Waals surface area contributed by atoms with Crippen molar-refractivity contribution < 1.29 is 29.3 Å². The summed E-state index contributed by atoms with van der Waals surface area (Å²) in [6.07, 6.45) is 2.85. The van der Waals surface area contributed by atoms with E-state index < -0.39 is 18.0 Å². The number of nitrogens with zero attached hydrogens (tertiary/aromatic N) is 1. The molecule has 1 aromatic heterocycles. The fraction of sp³-hybridized carbons (Fsp3) is 0.231. The topological polar surface area (TPSA) is 141 Å². The van der Waals surface area contributed by atoms with Crippen molar-refractivity contribution >= 4 is 39.8 Å². The van der Waals surface area contributed by atoms with Gasteiger partial charge in [0.15, 0.2) is 0 Å². The Morgan fingerprint density at radius 3 is 2.37 bits per heavy atom. The van der Waals surface area contributed by atoms with Crippen LogP contribution in [0.25, 0.3) is 21.8 Å². The molecule has 3 aromatic rings. The molecule has 0 aliphatic rings. The summed E-state index contributed by atoms with van der Waals surface area (Å²) >= 11 is 0. The third-order valence-corrected chi connectivity index (χ3v) is 4.65. The summed E-state index contributed by atoms with van der Waals surface area (Å²) in [5.41, 5.74) is 3.25. The molecule has 0 aliphatic heterocycles. The fourth-order valence-corrected chi connectivity index (χ4v) is 3.09. The number of carbonyl (C=O) groups is 3. The fourth-order valence-electron chi connectivity index (χ4n) is 3.09. The second kappa shape index (κ2) is 13.5. The molecule has 184 valence electrons. The number of benzene rings is 1. The molecule has 4 N–H and O–H groups in total. The lowest BCUT2D eigenvalue weighted by Crippen LogP contribution is -2.21. The van der Waals surface area contributed by atoms with Crippen molar-refractivity contribution in [1.29, 1.82) is 0 Å². The number of aromatic nitrogens is 1. The van der Waals surface area contributed by atoms with Gasteiger partial charge in [0.1, 0.15) is 0 Å². The predicted molar refractivity (Wildman–Crippen MR) is 134 cm³/mol. The van der Waals surface area contributed by atoms with Crippen LogP contribution in [0.4, 0.5) is 4.79 Å². The summed E-state index contributed by atoms with van der Waals surface area (Å²) in [6.45, 7) is 8.95. The van der Waals surface area contributed by atoms with E-state index in [-0.39, 0.29) is 0 Å². The second-order valence-corrected chi connectivity index (χ2v) is 7.74. The van der Waals surface area contributed by atoms with E-state index in [4.69, 9.17) is 14.9 Å². The number of carbonyl (C=O) groups excluding carboxylic acids is 1. The Morgan fingerprint density at radius 2 is 1.74 bits per heavy atom. The normalized spacial score (nSPS) is 11.5. The van der Waals surface area contributed by atoms with Crippen LogP contribution in [0.15, 0.2) is 72.3 Å². The van der Waals surface area contributed by atoms with E-state index in [1.807, 2.05) is 18.2 Å². The van der Waals surface area contributed by atoms with Gasteiger partial charge in [0.05, 0.1) is 17.5 Å². The Hall–Kier alpha value is -4.24. The molecule has 3 rings (SSSR count). The van der Waals surface area contributed by atoms with Gasteiger partial charge < -0.3 is 25.3 Å². The first kappa shape index (κ1) is 27.0. The number of nitrogens with one attached hydrogen (secondary N) is 2. The zero-order valence-electron chi connectivity index (χ0n) is 19.7. The molecular formula is C26H29N3O6. The van der Waals surface area contributed by atoms with Gasteiger partial charge in [-0.3, -0.25) is 0 Å². The van der Waals surface area contributed by atoms with Gasteiger partial charge in [0.25, 0.3) is 0 Å². The molecule has 0 atom stereocenters. The number of amides is 1. The predicted octanol–water partition coefficient (Wildman–Crippen LogP) is 4.14. The highest BCUT2D eigenvalue weighted by atomic mass is 16.5. The third kappa shape index (κ3) is 8.90. The maximum atomic E-state index is 11.9. The first-order valence-electron chi connectivity index (χ1n) is 10.9. The number of para-hydroxylation sites is 1. The number of carboxylic acids is 2. The monoisotopic (exact) mass is 479 g/mol. The highest BCUT2D eigenvalue weighted by Gasteiger charge is 2.08. The number of fused-ring (bicyclic) bond motifs is 3. The highest BCUT2D eigenvalue weighted by molar-refractivity contribution is 6.07. The van der Waals surface area contributed by atoms with Crippen molar-refractivity contribution in [3.05, 3.63) is 78.2 Å². The first-order chi connectivity index (χ1) is 16.7. The van der Waals surface area contributed by atoms with E-state index in [1.165, 1.54) is 5.56 Å². The Labute approximate surface area is 202 Å². The number of rotatable bonds is 8. The van der Waals surface area contributed by atoms with Crippen molar-refractivity contribution in [2.75, 3.05) is 6.61 Å². The minimum Gasteiger partial charge on any atom is -0.478 e. The molecule has 0 saturated heterocycles. The standard InChI is InChI=1S/C22H25N3O2.C4H4O4/c1-4-5-12-27-22(26)24-17-9-7-10-18-19-11-6-8-16(14-23-15(2)3)21(19)25-20(18)13-17;5-3(6)1-2-4(7)8/h4,6-11,13,15,23,25H,1,5,12,14H2,2-3H3;1-2H,(H,5,6)(H,7,8). The third-order valence-electron chi connectivity index (χ3n) is 4.65. The molecule has 9 nitrogen and oxygen atoms in total. The Kier molecular flexibility index (Phi) is 10.4. The van der Waals surface area contributed by atoms with Crippen LogP contribution in [0.3, 0.4) is 0 Å². The van der Waals surface area contributed by atoms with Crippen LogP contribution in [0.1, 0.15) is 25.8 Å². The SMILES string of the molecule is C=CCCOC(=O)N=c1cccc2c(c1)[nH]c1c(CNC(C)C)cccc12.O=C(O)C=CC(=O)O. The molecule has 9 heteroatoms. The summed E-state index contributed by atoms with van der Waals surface area (Å²) in [6, 6.07) is 14.3. The minimum atomic E-state index is -1.26. The van der Waals surface area contributed by atoms with Gasteiger partial charge in [-0.05, 0) is 24.1 Å². The van der Waals surface area contributed by atoms with Crippen molar-refractivity contribution in [3.63, 3.8) is 0 Å².